The molecule has 0 spiro atoms. The molecule has 5 nitrogen and oxygen atoms in total. The molecule has 0 fully saturated rings. The summed E-state index contributed by atoms with van der Waals surface area (Å²) in [6.45, 7) is 0.187. The molecule has 108 valence electrons. The Morgan fingerprint density at radius 3 is 2.35 bits per heavy atom. The number of amides is 1. The summed E-state index contributed by atoms with van der Waals surface area (Å²) in [7, 11) is 2.71. The van der Waals surface area contributed by atoms with Gasteiger partial charge in [0.05, 0.1) is 7.11 Å². The molecule has 0 unspecified atom stereocenters. The molecule has 1 rings (SSSR count). The van der Waals surface area contributed by atoms with Gasteiger partial charge in [-0.2, -0.15) is 0 Å². The number of benzene rings is 1. The molecule has 0 aliphatic heterocycles. The van der Waals surface area contributed by atoms with Crippen molar-refractivity contribution < 1.29 is 23.5 Å². The Hall–Kier alpha value is -2.24. The van der Waals surface area contributed by atoms with Crippen LogP contribution in [0.2, 0.25) is 0 Å². The van der Waals surface area contributed by atoms with Gasteiger partial charge in [0, 0.05) is 25.6 Å². The van der Waals surface area contributed by atoms with Crippen LogP contribution in [-0.2, 0) is 14.3 Å². The van der Waals surface area contributed by atoms with Gasteiger partial charge in [0.2, 0.25) is 5.91 Å². The van der Waals surface area contributed by atoms with E-state index in [0.717, 1.165) is 0 Å². The lowest BCUT2D eigenvalue weighted by molar-refractivity contribution is -0.146. The van der Waals surface area contributed by atoms with Crippen LogP contribution >= 0.6 is 0 Å². The minimum atomic E-state index is -0.619. The van der Waals surface area contributed by atoms with Gasteiger partial charge in [-0.05, 0) is 24.3 Å². The molecule has 0 aromatic heterocycles. The average Bonchev–Trinajstić information content (AvgIpc) is 2.44. The lowest BCUT2D eigenvalue weighted by atomic mass is 10.1. The van der Waals surface area contributed by atoms with Crippen molar-refractivity contribution in [2.45, 2.75) is 12.8 Å². The number of rotatable bonds is 6. The van der Waals surface area contributed by atoms with E-state index in [2.05, 4.69) is 4.74 Å². The molecule has 0 aliphatic carbocycles. The van der Waals surface area contributed by atoms with Crippen molar-refractivity contribution in [1.29, 1.82) is 0 Å². The number of Topliss-reactive ketones (excluding diaryl/α,β-unsaturated/α-hetero) is 1. The number of methoxy groups -OCH3 is 1. The quantitative estimate of drug-likeness (QED) is 0.449. The van der Waals surface area contributed by atoms with E-state index in [1.54, 1.807) is 0 Å². The van der Waals surface area contributed by atoms with Gasteiger partial charge in [0.15, 0.2) is 5.78 Å². The van der Waals surface area contributed by atoms with Crippen molar-refractivity contribution in [3.63, 3.8) is 0 Å². The fourth-order valence-electron chi connectivity index (χ4n) is 1.50. The van der Waals surface area contributed by atoms with E-state index >= 15 is 0 Å². The van der Waals surface area contributed by atoms with Crippen LogP contribution in [0.4, 0.5) is 4.39 Å². The Kier molecular flexibility index (Phi) is 5.83. The van der Waals surface area contributed by atoms with E-state index in [-0.39, 0.29) is 25.2 Å². The van der Waals surface area contributed by atoms with Crippen LogP contribution in [0.15, 0.2) is 24.3 Å². The third kappa shape index (κ3) is 4.79. The average molecular weight is 281 g/mol. The maximum absolute atomic E-state index is 12.7. The smallest absolute Gasteiger partial charge is 0.315 e. The van der Waals surface area contributed by atoms with Crippen molar-refractivity contribution >= 4 is 17.7 Å². The first-order chi connectivity index (χ1) is 9.43. The monoisotopic (exact) mass is 281 g/mol. The SMILES string of the molecule is COC(=O)CC(=O)N(C)CCC(=O)c1ccc(F)cc1. The number of ketones is 1. The van der Waals surface area contributed by atoms with Gasteiger partial charge in [-0.1, -0.05) is 0 Å². The molecule has 0 saturated carbocycles. The van der Waals surface area contributed by atoms with E-state index in [0.29, 0.717) is 5.56 Å². The summed E-state index contributed by atoms with van der Waals surface area (Å²) in [6.07, 6.45) is -0.243. The summed E-state index contributed by atoms with van der Waals surface area (Å²) in [5.74, 6) is -1.63. The fraction of sp³-hybridized carbons (Fsp3) is 0.357. The van der Waals surface area contributed by atoms with Crippen molar-refractivity contribution in [2.24, 2.45) is 0 Å². The van der Waals surface area contributed by atoms with E-state index in [4.69, 9.17) is 0 Å². The van der Waals surface area contributed by atoms with Crippen LogP contribution in [-0.4, -0.2) is 43.3 Å². The molecule has 0 saturated heterocycles. The summed E-state index contributed by atoms with van der Waals surface area (Å²) >= 11 is 0. The number of nitrogens with zero attached hydrogens (tertiary/aromatic N) is 1. The first-order valence-corrected chi connectivity index (χ1v) is 6.03. The maximum Gasteiger partial charge on any atom is 0.315 e. The second-order valence-electron chi connectivity index (χ2n) is 4.25. The highest BCUT2D eigenvalue weighted by Gasteiger charge is 2.15. The van der Waals surface area contributed by atoms with Gasteiger partial charge in [-0.3, -0.25) is 14.4 Å². The molecule has 1 aromatic rings. The first-order valence-electron chi connectivity index (χ1n) is 6.03. The highest BCUT2D eigenvalue weighted by molar-refractivity contribution is 5.97. The molecule has 1 aromatic carbocycles. The van der Waals surface area contributed by atoms with Crippen LogP contribution in [0.1, 0.15) is 23.2 Å². The van der Waals surface area contributed by atoms with Crippen LogP contribution in [0.5, 0.6) is 0 Å². The Bertz CT molecular complexity index is 498. The first kappa shape index (κ1) is 15.8. The highest BCUT2D eigenvalue weighted by Crippen LogP contribution is 2.06. The molecular formula is C14H16FNO4. The minimum absolute atomic E-state index is 0.106. The van der Waals surface area contributed by atoms with E-state index in [9.17, 15) is 18.8 Å². The fourth-order valence-corrected chi connectivity index (χ4v) is 1.50. The zero-order chi connectivity index (χ0) is 15.1. The number of hydrogen-bond donors (Lipinski definition) is 0. The minimum Gasteiger partial charge on any atom is -0.469 e. The normalized spacial score (nSPS) is 9.95. The summed E-state index contributed by atoms with van der Waals surface area (Å²) < 4.78 is 17.1. The third-order valence-corrected chi connectivity index (χ3v) is 2.79. The molecule has 6 heteroatoms. The largest absolute Gasteiger partial charge is 0.469 e. The third-order valence-electron chi connectivity index (χ3n) is 2.79. The summed E-state index contributed by atoms with van der Waals surface area (Å²) in [5, 5.41) is 0. The lowest BCUT2D eigenvalue weighted by Gasteiger charge is -2.15. The summed E-state index contributed by atoms with van der Waals surface area (Å²) in [5.41, 5.74) is 0.389. The van der Waals surface area contributed by atoms with Gasteiger partial charge in [-0.25, -0.2) is 4.39 Å². The highest BCUT2D eigenvalue weighted by atomic mass is 19.1. The van der Waals surface area contributed by atoms with Crippen molar-refractivity contribution in [1.82, 2.24) is 4.90 Å². The Morgan fingerprint density at radius 2 is 1.80 bits per heavy atom. The molecule has 0 radical (unpaired) electrons. The molecule has 0 atom stereocenters. The predicted molar refractivity (Wildman–Crippen MR) is 69.6 cm³/mol. The molecule has 0 heterocycles. The number of ether oxygens (including phenoxy) is 1. The van der Waals surface area contributed by atoms with Gasteiger partial charge < -0.3 is 9.64 Å². The van der Waals surface area contributed by atoms with Gasteiger partial charge in [0.1, 0.15) is 12.2 Å². The Labute approximate surface area is 116 Å². The Balaban J connectivity index is 2.46. The standard InChI is InChI=1S/C14H16FNO4/c1-16(13(18)9-14(19)20-2)8-7-12(17)10-3-5-11(15)6-4-10/h3-6H,7-9H2,1-2H3. The van der Waals surface area contributed by atoms with Crippen molar-refractivity contribution in [2.75, 3.05) is 20.7 Å². The summed E-state index contributed by atoms with van der Waals surface area (Å²) in [4.78, 5) is 35.6. The van der Waals surface area contributed by atoms with Gasteiger partial charge in [-0.15, -0.1) is 0 Å². The van der Waals surface area contributed by atoms with Crippen molar-refractivity contribution in [3.8, 4) is 0 Å². The maximum atomic E-state index is 12.7. The van der Waals surface area contributed by atoms with Crippen LogP contribution in [0, 0.1) is 5.82 Å². The van der Waals surface area contributed by atoms with E-state index in [1.807, 2.05) is 0 Å². The van der Waals surface area contributed by atoms with Gasteiger partial charge in [0.25, 0.3) is 0 Å². The molecule has 0 bridgehead atoms. The molecular weight excluding hydrogens is 265 g/mol. The lowest BCUT2D eigenvalue weighted by Crippen LogP contribution is -2.30. The molecule has 0 N–H and O–H groups in total. The molecule has 1 amide bonds. The second-order valence-corrected chi connectivity index (χ2v) is 4.25. The predicted octanol–water partition coefficient (Wildman–Crippen LogP) is 1.42. The summed E-state index contributed by atoms with van der Waals surface area (Å²) in [6, 6.07) is 5.21. The molecule has 0 aliphatic rings. The second kappa shape index (κ2) is 7.37. The number of esters is 1. The van der Waals surface area contributed by atoms with Crippen molar-refractivity contribution in [3.05, 3.63) is 35.6 Å². The van der Waals surface area contributed by atoms with E-state index in [1.165, 1.54) is 43.3 Å². The van der Waals surface area contributed by atoms with Gasteiger partial charge >= 0.3 is 5.97 Å². The number of hydrogen-bond acceptors (Lipinski definition) is 4. The number of carbonyl (C=O) groups is 3. The van der Waals surface area contributed by atoms with Crippen LogP contribution in [0.3, 0.4) is 0 Å². The zero-order valence-corrected chi connectivity index (χ0v) is 11.4. The topological polar surface area (TPSA) is 63.7 Å². The van der Waals surface area contributed by atoms with Crippen LogP contribution in [0.25, 0.3) is 0 Å². The van der Waals surface area contributed by atoms with Crippen LogP contribution < -0.4 is 0 Å². The molecule has 20 heavy (non-hydrogen) atoms. The number of carbonyl (C=O) groups excluding carboxylic acids is 3. The Morgan fingerprint density at radius 1 is 1.20 bits per heavy atom. The number of halogens is 1. The zero-order valence-electron chi connectivity index (χ0n) is 11.4. The van der Waals surface area contributed by atoms with E-state index < -0.39 is 17.7 Å².